The van der Waals surface area contributed by atoms with Crippen molar-refractivity contribution in [2.24, 2.45) is 5.92 Å². The fraction of sp³-hybridized carbons (Fsp3) is 0.667. The van der Waals surface area contributed by atoms with Gasteiger partial charge < -0.3 is 15.0 Å². The maximum atomic E-state index is 6.24. The van der Waals surface area contributed by atoms with Crippen LogP contribution >= 0.6 is 11.6 Å². The molecule has 0 aromatic carbocycles. The second-order valence-corrected chi connectivity index (χ2v) is 6.02. The molecular formula is C15H24ClN3O. The number of ether oxygens (including phenoxy) is 1. The van der Waals surface area contributed by atoms with Crippen molar-refractivity contribution in [3.63, 3.8) is 0 Å². The highest BCUT2D eigenvalue weighted by Gasteiger charge is 2.13. The fourth-order valence-electron chi connectivity index (χ4n) is 2.25. The van der Waals surface area contributed by atoms with Gasteiger partial charge in [0.05, 0.1) is 11.6 Å². The molecule has 1 aromatic heterocycles. The Kier molecular flexibility index (Phi) is 6.07. The highest BCUT2D eigenvalue weighted by atomic mass is 35.5. The lowest BCUT2D eigenvalue weighted by atomic mass is 10.2. The average Bonchev–Trinajstić information content (AvgIpc) is 2.69. The zero-order chi connectivity index (χ0) is 14.4. The zero-order valence-corrected chi connectivity index (χ0v) is 13.1. The summed E-state index contributed by atoms with van der Waals surface area (Å²) in [5.74, 6) is 1.64. The highest BCUT2D eigenvalue weighted by molar-refractivity contribution is 6.31. The summed E-state index contributed by atoms with van der Waals surface area (Å²) in [6.45, 7) is 9.68. The van der Waals surface area contributed by atoms with Crippen LogP contribution in [-0.2, 0) is 11.3 Å². The van der Waals surface area contributed by atoms with Crippen molar-refractivity contribution in [1.82, 2.24) is 10.3 Å². The molecule has 0 spiro atoms. The molecule has 0 saturated carbocycles. The van der Waals surface area contributed by atoms with Crippen molar-refractivity contribution >= 4 is 17.4 Å². The molecule has 0 amide bonds. The van der Waals surface area contributed by atoms with Gasteiger partial charge in [0.2, 0.25) is 0 Å². The Hall–Kier alpha value is -0.840. The van der Waals surface area contributed by atoms with Gasteiger partial charge in [0.15, 0.2) is 0 Å². The van der Waals surface area contributed by atoms with Gasteiger partial charge in [-0.25, -0.2) is 4.98 Å². The normalized spacial score (nSPS) is 16.5. The smallest absolute Gasteiger partial charge is 0.128 e. The van der Waals surface area contributed by atoms with Gasteiger partial charge in [0, 0.05) is 32.4 Å². The molecule has 1 aromatic rings. The van der Waals surface area contributed by atoms with Gasteiger partial charge in [-0.05, 0) is 30.5 Å². The van der Waals surface area contributed by atoms with Crippen LogP contribution in [0.2, 0.25) is 5.02 Å². The van der Waals surface area contributed by atoms with E-state index in [0.29, 0.717) is 5.92 Å². The predicted octanol–water partition coefficient (Wildman–Crippen LogP) is 2.71. The lowest BCUT2D eigenvalue weighted by molar-refractivity contribution is 0.152. The van der Waals surface area contributed by atoms with Crippen LogP contribution in [0.25, 0.3) is 0 Å². The molecule has 5 heteroatoms. The summed E-state index contributed by atoms with van der Waals surface area (Å²) in [4.78, 5) is 6.73. The van der Waals surface area contributed by atoms with E-state index in [9.17, 15) is 0 Å². The SMILES string of the molecule is CC(C)CNCc1cc(N2CCCOCC2)ncc1Cl. The van der Waals surface area contributed by atoms with Crippen molar-refractivity contribution in [1.29, 1.82) is 0 Å². The Morgan fingerprint density at radius 1 is 1.40 bits per heavy atom. The van der Waals surface area contributed by atoms with E-state index < -0.39 is 0 Å². The molecular weight excluding hydrogens is 274 g/mol. The van der Waals surface area contributed by atoms with Gasteiger partial charge in [-0.1, -0.05) is 25.4 Å². The predicted molar refractivity (Wildman–Crippen MR) is 83.4 cm³/mol. The van der Waals surface area contributed by atoms with E-state index in [1.165, 1.54) is 0 Å². The Morgan fingerprint density at radius 3 is 3.05 bits per heavy atom. The molecule has 1 aliphatic heterocycles. The topological polar surface area (TPSA) is 37.4 Å². The van der Waals surface area contributed by atoms with Gasteiger partial charge in [-0.3, -0.25) is 0 Å². The molecule has 20 heavy (non-hydrogen) atoms. The molecule has 0 radical (unpaired) electrons. The summed E-state index contributed by atoms with van der Waals surface area (Å²) in [6, 6.07) is 2.10. The minimum atomic E-state index is 0.637. The molecule has 1 N–H and O–H groups in total. The lowest BCUT2D eigenvalue weighted by Crippen LogP contribution is -2.27. The number of nitrogens with one attached hydrogen (secondary N) is 1. The first-order valence-electron chi connectivity index (χ1n) is 7.34. The highest BCUT2D eigenvalue weighted by Crippen LogP contribution is 2.21. The first-order chi connectivity index (χ1) is 9.66. The average molecular weight is 298 g/mol. The second-order valence-electron chi connectivity index (χ2n) is 5.61. The summed E-state index contributed by atoms with van der Waals surface area (Å²) in [5, 5.41) is 4.16. The second kappa shape index (κ2) is 7.81. The molecule has 2 rings (SSSR count). The number of hydrogen-bond donors (Lipinski definition) is 1. The molecule has 2 heterocycles. The Balaban J connectivity index is 2.02. The molecule has 1 fully saturated rings. The summed E-state index contributed by atoms with van der Waals surface area (Å²) in [5.41, 5.74) is 1.11. The van der Waals surface area contributed by atoms with Crippen LogP contribution in [0.15, 0.2) is 12.3 Å². The standard InChI is InChI=1S/C15H24ClN3O/c1-12(2)9-17-10-13-8-15(18-11-14(13)16)19-4-3-6-20-7-5-19/h8,11-12,17H,3-7,9-10H2,1-2H3. The van der Waals surface area contributed by atoms with Crippen LogP contribution in [-0.4, -0.2) is 37.8 Å². The largest absolute Gasteiger partial charge is 0.380 e. The van der Waals surface area contributed by atoms with Crippen LogP contribution in [0.4, 0.5) is 5.82 Å². The number of anilines is 1. The number of aromatic nitrogens is 1. The third-order valence-electron chi connectivity index (χ3n) is 3.33. The maximum absolute atomic E-state index is 6.24. The fourth-order valence-corrected chi connectivity index (χ4v) is 2.42. The minimum absolute atomic E-state index is 0.637. The van der Waals surface area contributed by atoms with E-state index in [2.05, 4.69) is 35.1 Å². The molecule has 1 saturated heterocycles. The van der Waals surface area contributed by atoms with E-state index in [4.69, 9.17) is 16.3 Å². The summed E-state index contributed by atoms with van der Waals surface area (Å²) >= 11 is 6.24. The molecule has 0 bridgehead atoms. The lowest BCUT2D eigenvalue weighted by Gasteiger charge is -2.21. The summed E-state index contributed by atoms with van der Waals surface area (Å²) < 4.78 is 5.48. The quantitative estimate of drug-likeness (QED) is 0.907. The van der Waals surface area contributed by atoms with Crippen LogP contribution in [0.5, 0.6) is 0 Å². The van der Waals surface area contributed by atoms with Crippen molar-refractivity contribution in [3.8, 4) is 0 Å². The number of hydrogen-bond acceptors (Lipinski definition) is 4. The zero-order valence-electron chi connectivity index (χ0n) is 12.4. The van der Waals surface area contributed by atoms with Crippen LogP contribution < -0.4 is 10.2 Å². The maximum Gasteiger partial charge on any atom is 0.128 e. The first-order valence-corrected chi connectivity index (χ1v) is 7.72. The number of halogens is 1. The van der Waals surface area contributed by atoms with Gasteiger partial charge in [0.1, 0.15) is 5.82 Å². The van der Waals surface area contributed by atoms with E-state index in [-0.39, 0.29) is 0 Å². The van der Waals surface area contributed by atoms with Crippen LogP contribution in [0.3, 0.4) is 0 Å². The molecule has 0 aliphatic carbocycles. The monoisotopic (exact) mass is 297 g/mol. The van der Waals surface area contributed by atoms with Crippen molar-refractivity contribution in [2.45, 2.75) is 26.8 Å². The van der Waals surface area contributed by atoms with E-state index >= 15 is 0 Å². The van der Waals surface area contributed by atoms with Crippen molar-refractivity contribution in [3.05, 3.63) is 22.8 Å². The van der Waals surface area contributed by atoms with E-state index in [1.54, 1.807) is 6.20 Å². The minimum Gasteiger partial charge on any atom is -0.380 e. The molecule has 112 valence electrons. The van der Waals surface area contributed by atoms with Gasteiger partial charge in [-0.2, -0.15) is 0 Å². The molecule has 4 nitrogen and oxygen atoms in total. The Bertz CT molecular complexity index is 418. The number of pyridine rings is 1. The van der Waals surface area contributed by atoms with Gasteiger partial charge >= 0.3 is 0 Å². The first kappa shape index (κ1) is 15.5. The van der Waals surface area contributed by atoms with E-state index in [0.717, 1.165) is 62.2 Å². The molecule has 0 atom stereocenters. The number of nitrogens with zero attached hydrogens (tertiary/aromatic N) is 2. The third kappa shape index (κ3) is 4.62. The molecule has 1 aliphatic rings. The number of rotatable bonds is 5. The van der Waals surface area contributed by atoms with Gasteiger partial charge in [-0.15, -0.1) is 0 Å². The summed E-state index contributed by atoms with van der Waals surface area (Å²) in [7, 11) is 0. The third-order valence-corrected chi connectivity index (χ3v) is 3.67. The Morgan fingerprint density at radius 2 is 2.25 bits per heavy atom. The Labute approximate surface area is 126 Å². The van der Waals surface area contributed by atoms with Crippen molar-refractivity contribution in [2.75, 3.05) is 37.7 Å². The van der Waals surface area contributed by atoms with Gasteiger partial charge in [0.25, 0.3) is 0 Å². The molecule has 0 unspecified atom stereocenters. The summed E-state index contributed by atoms with van der Waals surface area (Å²) in [6.07, 6.45) is 2.81. The van der Waals surface area contributed by atoms with Crippen LogP contribution in [0, 0.1) is 5.92 Å². The van der Waals surface area contributed by atoms with E-state index in [1.807, 2.05) is 0 Å². The van der Waals surface area contributed by atoms with Crippen molar-refractivity contribution < 1.29 is 4.74 Å². The van der Waals surface area contributed by atoms with Crippen LogP contribution in [0.1, 0.15) is 25.8 Å².